The molecule has 0 aromatic heterocycles. The molecule has 0 aromatic rings. The number of β-amino-alcohol motifs (C(OH)–C–C–N with tert-alkyl or cyclic N) is 1. The van der Waals surface area contributed by atoms with Crippen molar-refractivity contribution in [2.24, 2.45) is 11.7 Å². The van der Waals surface area contributed by atoms with Crippen LogP contribution in [0.25, 0.3) is 0 Å². The Labute approximate surface area is 89.2 Å². The SMILES string of the molecule is NC1COCC1C(=O)N1CCCC(O)C1. The summed E-state index contributed by atoms with van der Waals surface area (Å²) in [5.41, 5.74) is 5.79. The summed E-state index contributed by atoms with van der Waals surface area (Å²) in [6.07, 6.45) is 1.29. The van der Waals surface area contributed by atoms with Gasteiger partial charge in [0.15, 0.2) is 0 Å². The monoisotopic (exact) mass is 214 g/mol. The Morgan fingerprint density at radius 2 is 2.27 bits per heavy atom. The highest BCUT2D eigenvalue weighted by molar-refractivity contribution is 5.80. The first-order valence-electron chi connectivity index (χ1n) is 5.48. The number of hydrogen-bond donors (Lipinski definition) is 2. The number of hydrogen-bond acceptors (Lipinski definition) is 4. The zero-order valence-electron chi connectivity index (χ0n) is 8.76. The van der Waals surface area contributed by atoms with Crippen molar-refractivity contribution < 1.29 is 14.6 Å². The van der Waals surface area contributed by atoms with Crippen LogP contribution in [0.5, 0.6) is 0 Å². The molecule has 2 aliphatic heterocycles. The quantitative estimate of drug-likeness (QED) is 0.583. The lowest BCUT2D eigenvalue weighted by Gasteiger charge is -2.32. The number of aliphatic hydroxyl groups is 1. The molecule has 1 amide bonds. The topological polar surface area (TPSA) is 75.8 Å². The molecule has 5 nitrogen and oxygen atoms in total. The highest BCUT2D eigenvalue weighted by Gasteiger charge is 2.35. The Morgan fingerprint density at radius 3 is 2.87 bits per heavy atom. The van der Waals surface area contributed by atoms with E-state index in [0.29, 0.717) is 19.8 Å². The molecule has 2 heterocycles. The number of aliphatic hydroxyl groups excluding tert-OH is 1. The molecular formula is C10H18N2O3. The lowest BCUT2D eigenvalue weighted by molar-refractivity contribution is -0.138. The summed E-state index contributed by atoms with van der Waals surface area (Å²) >= 11 is 0. The van der Waals surface area contributed by atoms with Gasteiger partial charge in [-0.3, -0.25) is 4.79 Å². The van der Waals surface area contributed by atoms with Gasteiger partial charge in [0.1, 0.15) is 0 Å². The van der Waals surface area contributed by atoms with Crippen molar-refractivity contribution in [3.05, 3.63) is 0 Å². The van der Waals surface area contributed by atoms with Crippen LogP contribution in [-0.2, 0) is 9.53 Å². The van der Waals surface area contributed by atoms with Gasteiger partial charge in [-0.2, -0.15) is 0 Å². The Morgan fingerprint density at radius 1 is 1.47 bits per heavy atom. The molecule has 0 radical (unpaired) electrons. The van der Waals surface area contributed by atoms with Crippen molar-refractivity contribution in [2.45, 2.75) is 25.0 Å². The Balaban J connectivity index is 1.94. The molecule has 15 heavy (non-hydrogen) atoms. The number of nitrogens with two attached hydrogens (primary N) is 1. The van der Waals surface area contributed by atoms with Crippen molar-refractivity contribution in [3.8, 4) is 0 Å². The third-order valence-electron chi connectivity index (χ3n) is 3.15. The summed E-state index contributed by atoms with van der Waals surface area (Å²) in [4.78, 5) is 13.7. The highest BCUT2D eigenvalue weighted by Crippen LogP contribution is 2.18. The van der Waals surface area contributed by atoms with E-state index in [2.05, 4.69) is 0 Å². The predicted molar refractivity (Wildman–Crippen MR) is 54.1 cm³/mol. The Kier molecular flexibility index (Phi) is 3.23. The molecule has 0 spiro atoms. The van der Waals surface area contributed by atoms with Gasteiger partial charge in [0.05, 0.1) is 25.2 Å². The van der Waals surface area contributed by atoms with Crippen LogP contribution in [-0.4, -0.2) is 54.4 Å². The first kappa shape index (κ1) is 10.9. The lowest BCUT2D eigenvalue weighted by atomic mass is 10.0. The van der Waals surface area contributed by atoms with Crippen LogP contribution in [0, 0.1) is 5.92 Å². The number of amides is 1. The standard InChI is InChI=1S/C10H18N2O3/c11-9-6-15-5-8(9)10(14)12-3-1-2-7(13)4-12/h7-9,13H,1-6,11H2. The summed E-state index contributed by atoms with van der Waals surface area (Å²) in [6, 6.07) is -0.184. The molecule has 0 saturated carbocycles. The zero-order chi connectivity index (χ0) is 10.8. The lowest BCUT2D eigenvalue weighted by Crippen LogP contribution is -2.48. The molecule has 3 N–H and O–H groups in total. The first-order valence-corrected chi connectivity index (χ1v) is 5.48. The van der Waals surface area contributed by atoms with E-state index < -0.39 is 0 Å². The average molecular weight is 214 g/mol. The molecule has 3 unspecified atom stereocenters. The van der Waals surface area contributed by atoms with Gasteiger partial charge >= 0.3 is 0 Å². The summed E-state index contributed by atoms with van der Waals surface area (Å²) in [6.45, 7) is 2.07. The van der Waals surface area contributed by atoms with Crippen LogP contribution < -0.4 is 5.73 Å². The molecule has 5 heteroatoms. The molecule has 2 aliphatic rings. The fourth-order valence-corrected chi connectivity index (χ4v) is 2.21. The number of rotatable bonds is 1. The number of piperidine rings is 1. The van der Waals surface area contributed by atoms with Gasteiger partial charge in [-0.15, -0.1) is 0 Å². The number of ether oxygens (including phenoxy) is 1. The van der Waals surface area contributed by atoms with Gasteiger partial charge in [-0.1, -0.05) is 0 Å². The van der Waals surface area contributed by atoms with E-state index in [4.69, 9.17) is 10.5 Å². The molecule has 0 aromatic carbocycles. The number of carbonyl (C=O) groups is 1. The van der Waals surface area contributed by atoms with Crippen molar-refractivity contribution >= 4 is 5.91 Å². The van der Waals surface area contributed by atoms with Crippen LogP contribution in [0.4, 0.5) is 0 Å². The average Bonchev–Trinajstić information content (AvgIpc) is 2.63. The van der Waals surface area contributed by atoms with Gasteiger partial charge in [-0.25, -0.2) is 0 Å². The highest BCUT2D eigenvalue weighted by atomic mass is 16.5. The third-order valence-corrected chi connectivity index (χ3v) is 3.15. The van der Waals surface area contributed by atoms with Crippen molar-refractivity contribution in [1.82, 2.24) is 4.90 Å². The minimum absolute atomic E-state index is 0.0405. The number of nitrogens with zero attached hydrogens (tertiary/aromatic N) is 1. The minimum Gasteiger partial charge on any atom is -0.391 e. The summed E-state index contributed by atoms with van der Waals surface area (Å²) in [7, 11) is 0. The van der Waals surface area contributed by atoms with Gasteiger partial charge < -0.3 is 20.5 Å². The van der Waals surface area contributed by atoms with Crippen molar-refractivity contribution in [3.63, 3.8) is 0 Å². The molecule has 3 atom stereocenters. The second kappa shape index (κ2) is 4.47. The normalized spacial score (nSPS) is 36.9. The molecule has 86 valence electrons. The van der Waals surface area contributed by atoms with Crippen LogP contribution in [0.3, 0.4) is 0 Å². The second-order valence-electron chi connectivity index (χ2n) is 4.39. The molecule has 2 saturated heterocycles. The van der Waals surface area contributed by atoms with Crippen LogP contribution >= 0.6 is 0 Å². The van der Waals surface area contributed by atoms with Gasteiger partial charge in [0.25, 0.3) is 0 Å². The molecule has 2 rings (SSSR count). The van der Waals surface area contributed by atoms with E-state index in [1.54, 1.807) is 4.90 Å². The maximum Gasteiger partial charge on any atom is 0.229 e. The van der Waals surface area contributed by atoms with E-state index >= 15 is 0 Å². The predicted octanol–water partition coefficient (Wildman–Crippen LogP) is -1.06. The summed E-state index contributed by atoms with van der Waals surface area (Å²) < 4.78 is 5.17. The molecular weight excluding hydrogens is 196 g/mol. The van der Waals surface area contributed by atoms with E-state index in [-0.39, 0.29) is 24.0 Å². The minimum atomic E-state index is -0.374. The Hall–Kier alpha value is -0.650. The zero-order valence-corrected chi connectivity index (χ0v) is 8.76. The van der Waals surface area contributed by atoms with Gasteiger partial charge in [0, 0.05) is 19.1 Å². The summed E-state index contributed by atoms with van der Waals surface area (Å²) in [5.74, 6) is -0.172. The fourth-order valence-electron chi connectivity index (χ4n) is 2.21. The van der Waals surface area contributed by atoms with Crippen LogP contribution in [0.15, 0.2) is 0 Å². The van der Waals surface area contributed by atoms with Crippen molar-refractivity contribution in [1.29, 1.82) is 0 Å². The van der Waals surface area contributed by atoms with Gasteiger partial charge in [-0.05, 0) is 12.8 Å². The van der Waals surface area contributed by atoms with Gasteiger partial charge in [0.2, 0.25) is 5.91 Å². The first-order chi connectivity index (χ1) is 7.18. The van der Waals surface area contributed by atoms with Crippen LogP contribution in [0.2, 0.25) is 0 Å². The smallest absolute Gasteiger partial charge is 0.229 e. The van der Waals surface area contributed by atoms with E-state index in [1.807, 2.05) is 0 Å². The Bertz CT molecular complexity index is 247. The molecule has 2 fully saturated rings. The third kappa shape index (κ3) is 2.30. The van der Waals surface area contributed by atoms with E-state index in [0.717, 1.165) is 19.4 Å². The number of likely N-dealkylation sites (tertiary alicyclic amines) is 1. The van der Waals surface area contributed by atoms with Crippen LogP contribution in [0.1, 0.15) is 12.8 Å². The van der Waals surface area contributed by atoms with E-state index in [1.165, 1.54) is 0 Å². The maximum atomic E-state index is 12.0. The largest absolute Gasteiger partial charge is 0.391 e. The fraction of sp³-hybridized carbons (Fsp3) is 0.900. The molecule has 0 bridgehead atoms. The molecule has 0 aliphatic carbocycles. The van der Waals surface area contributed by atoms with E-state index in [9.17, 15) is 9.90 Å². The summed E-state index contributed by atoms with van der Waals surface area (Å²) in [5, 5.41) is 9.48. The maximum absolute atomic E-state index is 12.0. The second-order valence-corrected chi connectivity index (χ2v) is 4.39. The van der Waals surface area contributed by atoms with Crippen molar-refractivity contribution in [2.75, 3.05) is 26.3 Å². The number of carbonyl (C=O) groups excluding carboxylic acids is 1.